The van der Waals surface area contributed by atoms with E-state index in [0.29, 0.717) is 18.2 Å². The van der Waals surface area contributed by atoms with Gasteiger partial charge in [-0.3, -0.25) is 4.79 Å². The maximum atomic E-state index is 11.2. The number of nitrogens with zero attached hydrogens (tertiary/aromatic N) is 1. The molecule has 0 aromatic heterocycles. The summed E-state index contributed by atoms with van der Waals surface area (Å²) in [6.07, 6.45) is 6.07. The monoisotopic (exact) mass is 222 g/mol. The van der Waals surface area contributed by atoms with Gasteiger partial charge in [0.05, 0.1) is 6.10 Å². The van der Waals surface area contributed by atoms with E-state index in [2.05, 4.69) is 17.2 Å². The molecule has 0 bridgehead atoms. The van der Waals surface area contributed by atoms with Crippen LogP contribution in [0.25, 0.3) is 0 Å². The standard InChI is InChI=1S/C12H18N2O2/c1-2-8-5-9(6-11(8)16)14-12-7-10(15)3-4-13-12/h4,7-9,11,14,16H,2-3,5-6H2,1H3/t8-,9+,11-/m0/s1. The smallest absolute Gasteiger partial charge is 0.164 e. The first-order valence-corrected chi connectivity index (χ1v) is 5.90. The van der Waals surface area contributed by atoms with Crippen molar-refractivity contribution < 1.29 is 9.90 Å². The summed E-state index contributed by atoms with van der Waals surface area (Å²) in [4.78, 5) is 15.3. The van der Waals surface area contributed by atoms with Crippen molar-refractivity contribution in [1.29, 1.82) is 0 Å². The van der Waals surface area contributed by atoms with Crippen molar-refractivity contribution in [3.63, 3.8) is 0 Å². The van der Waals surface area contributed by atoms with E-state index in [1.807, 2.05) is 0 Å². The zero-order chi connectivity index (χ0) is 11.5. The van der Waals surface area contributed by atoms with Gasteiger partial charge in [0.25, 0.3) is 0 Å². The maximum absolute atomic E-state index is 11.2. The maximum Gasteiger partial charge on any atom is 0.164 e. The number of nitrogens with one attached hydrogen (secondary N) is 1. The number of carbonyl (C=O) groups is 1. The van der Waals surface area contributed by atoms with Gasteiger partial charge in [-0.15, -0.1) is 0 Å². The Morgan fingerprint density at radius 3 is 3.00 bits per heavy atom. The topological polar surface area (TPSA) is 61.7 Å². The number of aliphatic hydroxyl groups is 1. The van der Waals surface area contributed by atoms with E-state index in [1.54, 1.807) is 12.3 Å². The molecule has 88 valence electrons. The number of hydrogen-bond donors (Lipinski definition) is 2. The van der Waals surface area contributed by atoms with Gasteiger partial charge < -0.3 is 10.4 Å². The zero-order valence-corrected chi connectivity index (χ0v) is 9.52. The number of aliphatic imine (C=N–C) groups is 1. The summed E-state index contributed by atoms with van der Waals surface area (Å²) in [7, 11) is 0. The van der Waals surface area contributed by atoms with Crippen LogP contribution in [0.3, 0.4) is 0 Å². The van der Waals surface area contributed by atoms with E-state index in [1.165, 1.54) is 0 Å². The molecule has 1 fully saturated rings. The molecule has 1 saturated carbocycles. The lowest BCUT2D eigenvalue weighted by Gasteiger charge is -2.15. The molecule has 0 aromatic rings. The molecular formula is C12H18N2O2. The van der Waals surface area contributed by atoms with Crippen molar-refractivity contribution in [3.8, 4) is 0 Å². The Morgan fingerprint density at radius 1 is 1.56 bits per heavy atom. The van der Waals surface area contributed by atoms with Crippen LogP contribution in [-0.2, 0) is 4.79 Å². The van der Waals surface area contributed by atoms with Crippen LogP contribution in [0.2, 0.25) is 0 Å². The fourth-order valence-electron chi connectivity index (χ4n) is 2.43. The van der Waals surface area contributed by atoms with Crippen LogP contribution < -0.4 is 5.32 Å². The lowest BCUT2D eigenvalue weighted by Crippen LogP contribution is -2.27. The molecule has 0 aromatic carbocycles. The summed E-state index contributed by atoms with van der Waals surface area (Å²) in [5.74, 6) is 1.11. The van der Waals surface area contributed by atoms with E-state index in [-0.39, 0.29) is 17.9 Å². The van der Waals surface area contributed by atoms with Crippen LogP contribution in [0.4, 0.5) is 0 Å². The van der Waals surface area contributed by atoms with E-state index in [4.69, 9.17) is 0 Å². The van der Waals surface area contributed by atoms with Crippen molar-refractivity contribution in [2.24, 2.45) is 10.9 Å². The van der Waals surface area contributed by atoms with E-state index < -0.39 is 0 Å². The molecule has 0 amide bonds. The van der Waals surface area contributed by atoms with Gasteiger partial charge in [0.1, 0.15) is 5.82 Å². The van der Waals surface area contributed by atoms with E-state index in [9.17, 15) is 9.90 Å². The molecule has 2 N–H and O–H groups in total. The Kier molecular flexibility index (Phi) is 3.39. The fraction of sp³-hybridized carbons (Fsp3) is 0.667. The summed E-state index contributed by atoms with van der Waals surface area (Å²) in [6.45, 7) is 2.10. The first-order chi connectivity index (χ1) is 7.69. The van der Waals surface area contributed by atoms with Gasteiger partial charge in [0.2, 0.25) is 0 Å². The molecule has 4 heteroatoms. The fourth-order valence-corrected chi connectivity index (χ4v) is 2.43. The number of allylic oxidation sites excluding steroid dienone is 1. The first-order valence-electron chi connectivity index (χ1n) is 5.90. The van der Waals surface area contributed by atoms with Crippen LogP contribution in [0.15, 0.2) is 16.9 Å². The first kappa shape index (κ1) is 11.3. The Hall–Kier alpha value is -1.16. The largest absolute Gasteiger partial charge is 0.393 e. The molecule has 1 aliphatic carbocycles. The van der Waals surface area contributed by atoms with Crippen LogP contribution in [-0.4, -0.2) is 29.3 Å². The van der Waals surface area contributed by atoms with Gasteiger partial charge in [-0.25, -0.2) is 4.99 Å². The highest BCUT2D eigenvalue weighted by atomic mass is 16.3. The van der Waals surface area contributed by atoms with Crippen LogP contribution in [0, 0.1) is 5.92 Å². The minimum atomic E-state index is -0.216. The second-order valence-corrected chi connectivity index (χ2v) is 4.56. The highest BCUT2D eigenvalue weighted by Gasteiger charge is 2.31. The minimum absolute atomic E-state index is 0.0862. The normalized spacial score (nSPS) is 34.0. The number of hydrogen-bond acceptors (Lipinski definition) is 4. The number of carbonyl (C=O) groups excluding carboxylic acids is 1. The average molecular weight is 222 g/mol. The van der Waals surface area contributed by atoms with E-state index >= 15 is 0 Å². The zero-order valence-electron chi connectivity index (χ0n) is 9.52. The van der Waals surface area contributed by atoms with E-state index in [0.717, 1.165) is 19.3 Å². The van der Waals surface area contributed by atoms with Crippen molar-refractivity contribution in [2.75, 3.05) is 0 Å². The molecule has 2 rings (SSSR count). The molecule has 1 aliphatic heterocycles. The van der Waals surface area contributed by atoms with Crippen LogP contribution in [0.1, 0.15) is 32.6 Å². The van der Waals surface area contributed by atoms with Crippen molar-refractivity contribution in [2.45, 2.75) is 44.8 Å². The Morgan fingerprint density at radius 2 is 2.38 bits per heavy atom. The summed E-state index contributed by atoms with van der Waals surface area (Å²) in [6, 6.07) is 0.245. The highest BCUT2D eigenvalue weighted by Crippen LogP contribution is 2.29. The third-order valence-electron chi connectivity index (χ3n) is 3.35. The highest BCUT2D eigenvalue weighted by molar-refractivity contribution is 6.01. The molecule has 0 radical (unpaired) electrons. The molecule has 0 unspecified atom stereocenters. The predicted molar refractivity (Wildman–Crippen MR) is 62.1 cm³/mol. The summed E-state index contributed by atoms with van der Waals surface area (Å²) >= 11 is 0. The number of aliphatic hydroxyl groups excluding tert-OH is 1. The van der Waals surface area contributed by atoms with Crippen LogP contribution in [0.5, 0.6) is 0 Å². The van der Waals surface area contributed by atoms with Gasteiger partial charge in [-0.05, 0) is 18.8 Å². The lowest BCUT2D eigenvalue weighted by atomic mass is 10.0. The van der Waals surface area contributed by atoms with Gasteiger partial charge in [0, 0.05) is 24.8 Å². The molecule has 2 aliphatic rings. The molecule has 1 heterocycles. The van der Waals surface area contributed by atoms with Crippen molar-refractivity contribution >= 4 is 12.0 Å². The molecule has 4 nitrogen and oxygen atoms in total. The number of ketones is 1. The van der Waals surface area contributed by atoms with Crippen molar-refractivity contribution in [3.05, 3.63) is 11.9 Å². The predicted octanol–water partition coefficient (Wildman–Crippen LogP) is 1.01. The summed E-state index contributed by atoms with van der Waals surface area (Å²) in [5.41, 5.74) is 0. The second kappa shape index (κ2) is 4.78. The third kappa shape index (κ3) is 2.50. The Labute approximate surface area is 95.5 Å². The third-order valence-corrected chi connectivity index (χ3v) is 3.35. The van der Waals surface area contributed by atoms with Gasteiger partial charge in [-0.2, -0.15) is 0 Å². The molecular weight excluding hydrogens is 204 g/mol. The Balaban J connectivity index is 1.92. The molecule has 0 saturated heterocycles. The quantitative estimate of drug-likeness (QED) is 0.749. The summed E-state index contributed by atoms with van der Waals surface area (Å²) in [5, 5.41) is 13.0. The average Bonchev–Trinajstić information content (AvgIpc) is 2.58. The minimum Gasteiger partial charge on any atom is -0.393 e. The van der Waals surface area contributed by atoms with Crippen LogP contribution >= 0.6 is 0 Å². The van der Waals surface area contributed by atoms with Gasteiger partial charge in [-0.1, -0.05) is 13.3 Å². The Bertz CT molecular complexity index is 336. The van der Waals surface area contributed by atoms with Gasteiger partial charge >= 0.3 is 0 Å². The number of rotatable bonds is 3. The second-order valence-electron chi connectivity index (χ2n) is 4.56. The van der Waals surface area contributed by atoms with Crippen molar-refractivity contribution in [1.82, 2.24) is 5.32 Å². The molecule has 16 heavy (non-hydrogen) atoms. The molecule has 3 atom stereocenters. The SMILES string of the molecule is CC[C@H]1C[C@@H](NC2=CC(=O)CC=N2)C[C@@H]1O. The molecule has 0 spiro atoms. The lowest BCUT2D eigenvalue weighted by molar-refractivity contribution is -0.113. The summed E-state index contributed by atoms with van der Waals surface area (Å²) < 4.78 is 0. The van der Waals surface area contributed by atoms with Gasteiger partial charge in [0.15, 0.2) is 5.78 Å².